The van der Waals surface area contributed by atoms with Crippen molar-refractivity contribution in [1.82, 2.24) is 0 Å². The maximum absolute atomic E-state index is 13.1. The van der Waals surface area contributed by atoms with E-state index in [1.165, 1.54) is 65.8 Å². The van der Waals surface area contributed by atoms with Crippen molar-refractivity contribution < 1.29 is 73.6 Å². The molecule has 0 fully saturated rings. The molecule has 0 aliphatic heterocycles. The monoisotopic (exact) mass is 1170 g/mol. The molecule has 0 aliphatic carbocycles. The van der Waals surface area contributed by atoms with Gasteiger partial charge in [0.25, 0.3) is 0 Å². The Labute approximate surface area is 476 Å². The summed E-state index contributed by atoms with van der Waals surface area (Å²) in [7, 11) is -0.0293. The van der Waals surface area contributed by atoms with Crippen LogP contribution in [0.5, 0.6) is 0 Å². The largest absolute Gasteiger partial charge is 0.478 e. The predicted molar refractivity (Wildman–Crippen MR) is 299 cm³/mol. The van der Waals surface area contributed by atoms with Gasteiger partial charge in [-0.25, -0.2) is 19.2 Å². The third kappa shape index (κ3) is 19.2. The first-order chi connectivity index (χ1) is 38.7. The third-order valence-electron chi connectivity index (χ3n) is 11.0. The first-order valence-electron chi connectivity index (χ1n) is 25.0. The summed E-state index contributed by atoms with van der Waals surface area (Å²) >= 11 is 0. The molecule has 428 valence electrons. The molecule has 18 heteroatoms. The lowest BCUT2D eigenvalue weighted by molar-refractivity contribution is -0.223. The van der Waals surface area contributed by atoms with E-state index in [0.717, 1.165) is 12.1 Å². The van der Waals surface area contributed by atoms with Crippen LogP contribution in [0.25, 0.3) is 0 Å². The van der Waals surface area contributed by atoms with E-state index >= 15 is 0 Å². The average molecular weight is 1170 g/mol. The molecule has 1 N–H and O–H groups in total. The average Bonchev–Trinajstić information content (AvgIpc) is 3.51. The summed E-state index contributed by atoms with van der Waals surface area (Å²) in [6.45, 7) is 3.65. The lowest BCUT2D eigenvalue weighted by Gasteiger charge is -2.21. The van der Waals surface area contributed by atoms with Gasteiger partial charge < -0.3 is 19.3 Å². The lowest BCUT2D eigenvalue weighted by Crippen LogP contribution is -2.45. The Morgan fingerprint density at radius 3 is 0.805 bits per heavy atom. The second-order valence-electron chi connectivity index (χ2n) is 18.8. The molecule has 0 aromatic heterocycles. The number of benzene rings is 8. The van der Waals surface area contributed by atoms with Crippen LogP contribution < -0.4 is 0 Å². The quantitative estimate of drug-likeness (QED) is 0.0440. The van der Waals surface area contributed by atoms with E-state index < -0.39 is 66.4 Å². The molecule has 0 radical (unpaired) electrons. The number of hydrogen-bond donors (Lipinski definition) is 1. The van der Waals surface area contributed by atoms with Gasteiger partial charge >= 0.3 is 47.6 Å². The summed E-state index contributed by atoms with van der Waals surface area (Å²) < 4.78 is 116. The first-order valence-corrected chi connectivity index (χ1v) is 27.4. The molecular weight excluding hydrogens is 1110 g/mol. The molecule has 0 saturated carbocycles. The van der Waals surface area contributed by atoms with Crippen LogP contribution in [-0.2, 0) is 58.8 Å². The zero-order chi connectivity index (χ0) is 60.1. The van der Waals surface area contributed by atoms with Crippen LogP contribution in [-0.4, -0.2) is 58.3 Å². The second-order valence-corrected chi connectivity index (χ2v) is 22.8. The number of carbonyl (C=O) groups is 4. The fraction of sp³-hybridized carbons (Fsp3) is 0.188. The van der Waals surface area contributed by atoms with Gasteiger partial charge in [0.05, 0.1) is 32.9 Å². The highest BCUT2D eigenvalue weighted by atomic mass is 32.2. The molecule has 8 rings (SSSR count). The van der Waals surface area contributed by atoms with Crippen LogP contribution in [0.4, 0.5) is 35.1 Å². The Morgan fingerprint density at radius 2 is 0.598 bits per heavy atom. The molecule has 82 heavy (non-hydrogen) atoms. The molecule has 0 spiro atoms. The maximum Gasteiger partial charge on any atom is 0.404 e. The van der Waals surface area contributed by atoms with E-state index in [1.807, 2.05) is 0 Å². The second kappa shape index (κ2) is 29.5. The van der Waals surface area contributed by atoms with Gasteiger partial charge in [0.15, 0.2) is 29.4 Å². The predicted octanol–water partition coefficient (Wildman–Crippen LogP) is 16.3. The van der Waals surface area contributed by atoms with Crippen molar-refractivity contribution in [2.45, 2.75) is 106 Å². The molecule has 0 bridgehead atoms. The zero-order valence-electron chi connectivity index (χ0n) is 45.0. The molecule has 0 heterocycles. The van der Waals surface area contributed by atoms with E-state index in [-0.39, 0.29) is 57.9 Å². The van der Waals surface area contributed by atoms with Crippen LogP contribution in [0.1, 0.15) is 66.5 Å². The minimum atomic E-state index is -4.92. The number of ether oxygens (including phenoxy) is 3. The Kier molecular flexibility index (Phi) is 23.2. The van der Waals surface area contributed by atoms with E-state index in [1.54, 1.807) is 20.8 Å². The molecule has 0 unspecified atom stereocenters. The molecule has 0 aliphatic rings. The number of aromatic carboxylic acids is 1. The van der Waals surface area contributed by atoms with Crippen molar-refractivity contribution in [2.24, 2.45) is 0 Å². The summed E-state index contributed by atoms with van der Waals surface area (Å²) in [5.41, 5.74) is -0.0669. The number of carboxylic acids is 1. The van der Waals surface area contributed by atoms with Crippen LogP contribution in [0.3, 0.4) is 0 Å². The molecule has 0 saturated heterocycles. The van der Waals surface area contributed by atoms with Gasteiger partial charge in [-0.1, -0.05) is 133 Å². The van der Waals surface area contributed by atoms with Gasteiger partial charge in [0, 0.05) is 13.8 Å². The number of carboxylic acid groups (broad SMARTS) is 1. The maximum atomic E-state index is 13.1. The van der Waals surface area contributed by atoms with Gasteiger partial charge in [-0.15, -0.1) is 0 Å². The molecule has 0 amide bonds. The van der Waals surface area contributed by atoms with E-state index in [0.29, 0.717) is 0 Å². The molecule has 8 nitrogen and oxygen atoms in total. The SMILES string of the molecule is CC(C)(C)OC(=O)c1ccc(COC(=O)C(F)(F)C(C)(F)F)cc1.CC(F)(F)C(F)(F)C(=O)OCc1ccc(C(=O)O)cc1.c1ccc([S+](c2ccccc2)c2ccccc2)cc1.c1ccc([S+](c2ccccc2)c2ccccc2)cc1. The molecular formula is C64H58F8O8S2+2. The van der Waals surface area contributed by atoms with Crippen molar-refractivity contribution in [3.63, 3.8) is 0 Å². The van der Waals surface area contributed by atoms with Crippen LogP contribution in [0.15, 0.2) is 260 Å². The molecule has 8 aromatic carbocycles. The van der Waals surface area contributed by atoms with Crippen molar-refractivity contribution in [3.8, 4) is 0 Å². The third-order valence-corrected chi connectivity index (χ3v) is 15.5. The Balaban J connectivity index is 0.000000201. The fourth-order valence-corrected chi connectivity index (χ4v) is 11.0. The molecule has 0 atom stereocenters. The Bertz CT molecular complexity index is 2930. The van der Waals surface area contributed by atoms with Gasteiger partial charge in [-0.05, 0) is 129 Å². The smallest absolute Gasteiger partial charge is 0.404 e. The standard InChI is InChI=1S/2C18H15S.C16H18F4O4.C12H10F4O4/c2*1-4-10-16(11-5-1)19(17-12-6-2-7-13-17)18-14-8-3-9-15-18;1-14(2,3)24-12(21)11-7-5-10(6-8-11)9-23-13(22)16(19,20)15(4,17)18;1-11(13,14)12(15,16)10(19)20-6-7-2-4-8(5-3-7)9(17)18/h2*1-15H;5-8H,9H2,1-4H3;2-5H,6H2,1H3,(H,17,18)/q2*+1;;. The van der Waals surface area contributed by atoms with Crippen LogP contribution >= 0.6 is 0 Å². The first kappa shape index (κ1) is 64.6. The summed E-state index contributed by atoms with van der Waals surface area (Å²) in [5.74, 6) is -25.3. The summed E-state index contributed by atoms with van der Waals surface area (Å²) in [5, 5.41) is 8.62. The van der Waals surface area contributed by atoms with E-state index in [4.69, 9.17) is 9.84 Å². The number of carbonyl (C=O) groups excluding carboxylic acids is 3. The minimum Gasteiger partial charge on any atom is -0.478 e. The summed E-state index contributed by atoms with van der Waals surface area (Å²) in [6.07, 6.45) is 0. The Morgan fingerprint density at radius 1 is 0.366 bits per heavy atom. The normalized spacial score (nSPS) is 11.5. The highest BCUT2D eigenvalue weighted by Gasteiger charge is 2.61. The van der Waals surface area contributed by atoms with Crippen LogP contribution in [0.2, 0.25) is 0 Å². The van der Waals surface area contributed by atoms with Gasteiger partial charge in [0.1, 0.15) is 18.8 Å². The number of halogens is 8. The summed E-state index contributed by atoms with van der Waals surface area (Å²) in [4.78, 5) is 52.5. The van der Waals surface area contributed by atoms with Crippen molar-refractivity contribution in [3.05, 3.63) is 253 Å². The topological polar surface area (TPSA) is 116 Å². The van der Waals surface area contributed by atoms with E-state index in [9.17, 15) is 54.3 Å². The summed E-state index contributed by atoms with van der Waals surface area (Å²) in [6, 6.07) is 74.5. The highest BCUT2D eigenvalue weighted by Crippen LogP contribution is 2.37. The lowest BCUT2D eigenvalue weighted by atomic mass is 10.1. The van der Waals surface area contributed by atoms with Crippen molar-refractivity contribution in [1.29, 1.82) is 0 Å². The Hall–Kier alpha value is -8.22. The number of rotatable bonds is 16. The van der Waals surface area contributed by atoms with Crippen LogP contribution in [0, 0.1) is 0 Å². The molecule has 8 aromatic rings. The number of hydrogen-bond acceptors (Lipinski definition) is 7. The van der Waals surface area contributed by atoms with E-state index in [2.05, 4.69) is 191 Å². The van der Waals surface area contributed by atoms with Gasteiger partial charge in [-0.3, -0.25) is 0 Å². The highest BCUT2D eigenvalue weighted by molar-refractivity contribution is 7.97. The zero-order valence-corrected chi connectivity index (χ0v) is 46.6. The fourth-order valence-electron chi connectivity index (χ4n) is 6.81. The minimum absolute atomic E-state index is 0.0146. The number of esters is 3. The van der Waals surface area contributed by atoms with Crippen molar-refractivity contribution in [2.75, 3.05) is 0 Å². The van der Waals surface area contributed by atoms with Gasteiger partial charge in [-0.2, -0.15) is 35.1 Å². The van der Waals surface area contributed by atoms with Crippen molar-refractivity contribution >= 4 is 45.7 Å². The van der Waals surface area contributed by atoms with Gasteiger partial charge in [0.2, 0.25) is 0 Å². The number of alkyl halides is 8.